The molecule has 3 aromatic heterocycles. The van der Waals surface area contributed by atoms with Crippen molar-refractivity contribution in [3.8, 4) is 28.0 Å². The molecule has 0 radical (unpaired) electrons. The minimum Gasteiger partial charge on any atom is -0.495 e. The van der Waals surface area contributed by atoms with Gasteiger partial charge in [-0.25, -0.2) is 17.8 Å². The number of anilines is 1. The molecule has 5 aromatic rings. The topological polar surface area (TPSA) is 102 Å². The molecule has 2 aromatic carbocycles. The molecule has 3 heterocycles. The Morgan fingerprint density at radius 3 is 2.61 bits per heavy atom. The molecule has 36 heavy (non-hydrogen) atoms. The van der Waals surface area contributed by atoms with Gasteiger partial charge in [0.1, 0.15) is 17.2 Å². The van der Waals surface area contributed by atoms with Crippen LogP contribution in [0.1, 0.15) is 5.56 Å². The van der Waals surface area contributed by atoms with E-state index in [1.165, 1.54) is 19.2 Å². The zero-order valence-corrected chi connectivity index (χ0v) is 20.5. The van der Waals surface area contributed by atoms with E-state index >= 15 is 0 Å². The van der Waals surface area contributed by atoms with Gasteiger partial charge in [0.15, 0.2) is 0 Å². The maximum atomic E-state index is 13.1. The van der Waals surface area contributed by atoms with E-state index in [9.17, 15) is 12.8 Å². The highest BCUT2D eigenvalue weighted by molar-refractivity contribution is 7.92. The van der Waals surface area contributed by atoms with Crippen molar-refractivity contribution < 1.29 is 17.5 Å². The number of hydrogen-bond donors (Lipinski definition) is 2. The second-order valence-electron chi connectivity index (χ2n) is 8.48. The van der Waals surface area contributed by atoms with Crippen molar-refractivity contribution in [1.82, 2.24) is 19.7 Å². The van der Waals surface area contributed by atoms with Gasteiger partial charge in [-0.05, 0) is 47.9 Å². The molecule has 0 aliphatic heterocycles. The van der Waals surface area contributed by atoms with Crippen molar-refractivity contribution in [3.05, 3.63) is 84.7 Å². The first kappa shape index (κ1) is 23.6. The number of fused-ring (bicyclic) bond motifs is 1. The van der Waals surface area contributed by atoms with Crippen LogP contribution in [-0.4, -0.2) is 41.5 Å². The van der Waals surface area contributed by atoms with Gasteiger partial charge in [-0.2, -0.15) is 5.10 Å². The van der Waals surface area contributed by atoms with Gasteiger partial charge in [-0.1, -0.05) is 18.2 Å². The van der Waals surface area contributed by atoms with E-state index in [0.717, 1.165) is 51.5 Å². The Labute approximate surface area is 207 Å². The average molecular weight is 506 g/mol. The fraction of sp³-hybridized carbons (Fsp3) is 0.154. The van der Waals surface area contributed by atoms with Crippen LogP contribution in [0, 0.1) is 5.82 Å². The molecule has 2 N–H and O–H groups in total. The third-order valence-corrected chi connectivity index (χ3v) is 6.44. The number of H-pyrrole nitrogens is 1. The number of aryl methyl sites for hydroxylation is 2. The Bertz CT molecular complexity index is 1640. The number of pyridine rings is 1. The molecular weight excluding hydrogens is 481 g/mol. The predicted octanol–water partition coefficient (Wildman–Crippen LogP) is 4.86. The summed E-state index contributed by atoms with van der Waals surface area (Å²) in [6.07, 6.45) is 9.25. The molecule has 5 rings (SSSR count). The summed E-state index contributed by atoms with van der Waals surface area (Å²) in [5.74, 6) is 0.179. The van der Waals surface area contributed by atoms with Crippen LogP contribution in [0.4, 0.5) is 10.1 Å². The van der Waals surface area contributed by atoms with Gasteiger partial charge in [0.25, 0.3) is 0 Å². The fourth-order valence-electron chi connectivity index (χ4n) is 4.09. The van der Waals surface area contributed by atoms with Crippen LogP contribution in [0.3, 0.4) is 0 Å². The van der Waals surface area contributed by atoms with Crippen LogP contribution in [0.15, 0.2) is 73.3 Å². The highest BCUT2D eigenvalue weighted by Gasteiger charge is 2.14. The summed E-state index contributed by atoms with van der Waals surface area (Å²) in [5.41, 5.74) is 5.64. The molecule has 0 fully saturated rings. The molecule has 0 unspecified atom stereocenters. The lowest BCUT2D eigenvalue weighted by Gasteiger charge is -2.12. The van der Waals surface area contributed by atoms with Gasteiger partial charge >= 0.3 is 0 Å². The van der Waals surface area contributed by atoms with Crippen molar-refractivity contribution in [2.75, 3.05) is 18.1 Å². The largest absolute Gasteiger partial charge is 0.495 e. The van der Waals surface area contributed by atoms with Crippen LogP contribution in [0.5, 0.6) is 5.75 Å². The van der Waals surface area contributed by atoms with Crippen molar-refractivity contribution >= 4 is 26.7 Å². The summed E-state index contributed by atoms with van der Waals surface area (Å²) in [7, 11) is -1.99. The maximum Gasteiger partial charge on any atom is 0.229 e. The Morgan fingerprint density at radius 2 is 1.86 bits per heavy atom. The first-order valence-electron chi connectivity index (χ1n) is 11.2. The molecular formula is C26H24FN5O3S. The molecule has 0 saturated carbocycles. The maximum absolute atomic E-state index is 13.1. The number of nitrogens with one attached hydrogen (secondary N) is 2. The van der Waals surface area contributed by atoms with E-state index in [1.807, 2.05) is 35.4 Å². The fourth-order valence-corrected chi connectivity index (χ4v) is 4.65. The Kier molecular flexibility index (Phi) is 6.19. The number of benzene rings is 2. The minimum atomic E-state index is -3.48. The summed E-state index contributed by atoms with van der Waals surface area (Å²) in [5, 5.41) is 5.40. The number of methoxy groups -OCH3 is 1. The molecule has 0 aliphatic carbocycles. The molecule has 0 spiro atoms. The highest BCUT2D eigenvalue weighted by atomic mass is 32.2. The van der Waals surface area contributed by atoms with Crippen molar-refractivity contribution in [1.29, 1.82) is 0 Å². The number of halogens is 1. The quantitative estimate of drug-likeness (QED) is 0.314. The van der Waals surface area contributed by atoms with Gasteiger partial charge in [-0.15, -0.1) is 0 Å². The molecule has 0 amide bonds. The van der Waals surface area contributed by atoms with E-state index in [4.69, 9.17) is 4.74 Å². The predicted molar refractivity (Wildman–Crippen MR) is 138 cm³/mol. The standard InChI is InChI=1S/C26H24FN5O3S/c1-35-25-8-5-18(12-24(25)31-36(2,33)34)19-11-22-23(15-29-26(22)28-13-19)20-14-30-32(16-20)10-9-17-3-6-21(27)7-4-17/h3-8,11-16,31H,9-10H2,1-2H3,(H,28,29). The van der Waals surface area contributed by atoms with Crippen LogP contribution < -0.4 is 9.46 Å². The van der Waals surface area contributed by atoms with E-state index in [1.54, 1.807) is 30.5 Å². The normalized spacial score (nSPS) is 11.6. The number of nitrogens with zero attached hydrogens (tertiary/aromatic N) is 3. The molecule has 0 bridgehead atoms. The summed E-state index contributed by atoms with van der Waals surface area (Å²) < 4.78 is 46.4. The van der Waals surface area contributed by atoms with Crippen molar-refractivity contribution in [2.45, 2.75) is 13.0 Å². The SMILES string of the molecule is COc1ccc(-c2cnc3[nH]cc(-c4cnn(CCc5ccc(F)cc5)c4)c3c2)cc1NS(C)(=O)=O. The first-order valence-corrected chi connectivity index (χ1v) is 13.1. The molecule has 0 saturated heterocycles. The smallest absolute Gasteiger partial charge is 0.229 e. The summed E-state index contributed by atoms with van der Waals surface area (Å²) in [6, 6.07) is 13.8. The number of sulfonamides is 1. The van der Waals surface area contributed by atoms with Gasteiger partial charge in [0, 0.05) is 47.2 Å². The zero-order valence-electron chi connectivity index (χ0n) is 19.7. The second kappa shape index (κ2) is 9.46. The van der Waals surface area contributed by atoms with Crippen molar-refractivity contribution in [3.63, 3.8) is 0 Å². The molecule has 184 valence electrons. The Hall–Kier alpha value is -4.18. The van der Waals surface area contributed by atoms with E-state index in [2.05, 4.69) is 19.8 Å². The van der Waals surface area contributed by atoms with E-state index in [0.29, 0.717) is 18.0 Å². The summed E-state index contributed by atoms with van der Waals surface area (Å²) in [4.78, 5) is 7.76. The molecule has 10 heteroatoms. The number of aromatic nitrogens is 4. The number of aromatic amines is 1. The highest BCUT2D eigenvalue weighted by Crippen LogP contribution is 2.34. The third kappa shape index (κ3) is 5.08. The van der Waals surface area contributed by atoms with Gasteiger partial charge in [0.05, 0.1) is 25.2 Å². The lowest BCUT2D eigenvalue weighted by Crippen LogP contribution is -2.10. The van der Waals surface area contributed by atoms with Crippen LogP contribution in [-0.2, 0) is 23.0 Å². The van der Waals surface area contributed by atoms with Gasteiger partial charge < -0.3 is 9.72 Å². The van der Waals surface area contributed by atoms with Gasteiger partial charge in [0.2, 0.25) is 10.0 Å². The van der Waals surface area contributed by atoms with Crippen molar-refractivity contribution in [2.24, 2.45) is 0 Å². The zero-order chi connectivity index (χ0) is 25.3. The van der Waals surface area contributed by atoms with E-state index in [-0.39, 0.29) is 5.82 Å². The lowest BCUT2D eigenvalue weighted by atomic mass is 10.0. The average Bonchev–Trinajstić information content (AvgIpc) is 3.49. The van der Waals surface area contributed by atoms with Crippen LogP contribution in [0.2, 0.25) is 0 Å². The monoisotopic (exact) mass is 505 g/mol. The summed E-state index contributed by atoms with van der Waals surface area (Å²) >= 11 is 0. The molecule has 8 nitrogen and oxygen atoms in total. The van der Waals surface area contributed by atoms with Crippen LogP contribution in [0.25, 0.3) is 33.3 Å². The van der Waals surface area contributed by atoms with Gasteiger partial charge in [-0.3, -0.25) is 9.40 Å². The number of ether oxygens (including phenoxy) is 1. The second-order valence-corrected chi connectivity index (χ2v) is 10.2. The van der Waals surface area contributed by atoms with E-state index < -0.39 is 10.0 Å². The third-order valence-electron chi connectivity index (χ3n) is 5.85. The number of rotatable bonds is 8. The Morgan fingerprint density at radius 1 is 1.06 bits per heavy atom. The molecule has 0 atom stereocenters. The Balaban J connectivity index is 1.43. The first-order chi connectivity index (χ1) is 17.3. The number of hydrogen-bond acceptors (Lipinski definition) is 5. The molecule has 0 aliphatic rings. The lowest BCUT2D eigenvalue weighted by molar-refractivity contribution is 0.417. The minimum absolute atomic E-state index is 0.245. The van der Waals surface area contributed by atoms with Crippen LogP contribution >= 0.6 is 0 Å². The summed E-state index contributed by atoms with van der Waals surface area (Å²) in [6.45, 7) is 0.666.